The number of rotatable bonds is 0. The molecule has 0 aliphatic heterocycles. The second-order valence-electron chi connectivity index (χ2n) is 0. The Labute approximate surface area is 54.5 Å². The van der Waals surface area contributed by atoms with Gasteiger partial charge in [0.15, 0.2) is 0 Å². The molecule has 0 aliphatic carbocycles. The van der Waals surface area contributed by atoms with Crippen molar-refractivity contribution < 1.29 is 16.8 Å². The van der Waals surface area contributed by atoms with Crippen molar-refractivity contribution in [3.8, 4) is 0 Å². The molecule has 1 radical (unpaired) electrons. The van der Waals surface area contributed by atoms with Gasteiger partial charge in [0.1, 0.15) is 0 Å². The Bertz CT molecular complexity index is 4.14. The van der Waals surface area contributed by atoms with Crippen LogP contribution in [0.25, 0.3) is 36.9 Å². The summed E-state index contributed by atoms with van der Waals surface area (Å²) in [5, 5.41) is 0. The zero-order chi connectivity index (χ0) is 0. The standard InChI is InChI=1S/Co.6H2N/h;6*1H2/q;6*-1. The van der Waals surface area contributed by atoms with Crippen LogP contribution in [0.5, 0.6) is 0 Å². The molecule has 0 spiro atoms. The van der Waals surface area contributed by atoms with E-state index in [9.17, 15) is 0 Å². The SMILES string of the molecule is [Co].[NH2-].[NH2-].[NH2-].[NH2-].[NH2-].[NH2-]. The minimum atomic E-state index is 0. The molecule has 0 fully saturated rings. The van der Waals surface area contributed by atoms with E-state index in [1.165, 1.54) is 0 Å². The van der Waals surface area contributed by atoms with Gasteiger partial charge in [0.05, 0.1) is 0 Å². The first-order valence-corrected chi connectivity index (χ1v) is 0. The van der Waals surface area contributed by atoms with Crippen molar-refractivity contribution in [3.05, 3.63) is 36.9 Å². The van der Waals surface area contributed by atoms with Crippen LogP contribution in [0, 0.1) is 0 Å². The van der Waals surface area contributed by atoms with E-state index in [1.54, 1.807) is 0 Å². The Kier molecular flexibility index (Phi) is 1400000. The Morgan fingerprint density at radius 2 is 0.286 bits per heavy atom. The van der Waals surface area contributed by atoms with Crippen LogP contribution in [-0.4, -0.2) is 0 Å². The van der Waals surface area contributed by atoms with Crippen LogP contribution >= 0.6 is 0 Å². The zero-order valence-corrected chi connectivity index (χ0v) is 4.84. The molecule has 0 saturated carbocycles. The van der Waals surface area contributed by atoms with Crippen LogP contribution in [0.2, 0.25) is 0 Å². The molecule has 12 N–H and O–H groups in total. The molecule has 7 heteroatoms. The van der Waals surface area contributed by atoms with Gasteiger partial charge in [-0.1, -0.05) is 0 Å². The predicted octanol–water partition coefficient (Wildman–Crippen LogP) is 4.30. The normalized spacial score (nSPS) is 0. The number of nitrogens with two attached hydrogens (primary N) is 6. The molecular weight excluding hydrogens is 143 g/mol. The predicted molar refractivity (Wildman–Crippen MR) is 31.7 cm³/mol. The third kappa shape index (κ3) is 1610. The average Bonchev–Trinajstić information content (AvgIpc) is 0. The summed E-state index contributed by atoms with van der Waals surface area (Å²) in [5.41, 5.74) is 0. The van der Waals surface area contributed by atoms with Crippen LogP contribution in [0.4, 0.5) is 0 Å². The maximum atomic E-state index is 0. The molecule has 0 atom stereocenters. The number of hydrogen-bond acceptors (Lipinski definition) is 0. The van der Waals surface area contributed by atoms with Crippen molar-refractivity contribution >= 4 is 0 Å². The van der Waals surface area contributed by atoms with E-state index < -0.39 is 0 Å². The van der Waals surface area contributed by atoms with Gasteiger partial charge in [-0.3, -0.25) is 0 Å². The fraction of sp³-hybridized carbons (Fsp3) is 0. The molecule has 0 amide bonds. The first-order chi connectivity index (χ1) is 0. The molecule has 7 heavy (non-hydrogen) atoms. The second kappa shape index (κ2) is 2450. The molecule has 0 saturated heterocycles. The Hall–Kier alpha value is 0.266. The van der Waals surface area contributed by atoms with E-state index in [4.69, 9.17) is 0 Å². The summed E-state index contributed by atoms with van der Waals surface area (Å²) in [6.45, 7) is 0. The van der Waals surface area contributed by atoms with Crippen molar-refractivity contribution in [1.29, 1.82) is 0 Å². The van der Waals surface area contributed by atoms with Gasteiger partial charge >= 0.3 is 0 Å². The molecule has 0 heterocycles. The molecule has 57 valence electrons. The topological polar surface area (TPSA) is 201 Å². The van der Waals surface area contributed by atoms with E-state index in [0.717, 1.165) is 0 Å². The zero-order valence-electron chi connectivity index (χ0n) is 3.80. The molecule has 0 unspecified atom stereocenters. The third-order valence-corrected chi connectivity index (χ3v) is 0. The summed E-state index contributed by atoms with van der Waals surface area (Å²) in [6.07, 6.45) is 0. The van der Waals surface area contributed by atoms with Crippen molar-refractivity contribution in [1.82, 2.24) is 0 Å². The summed E-state index contributed by atoms with van der Waals surface area (Å²) in [4.78, 5) is 0. The minimum absolute atomic E-state index is 0. The first-order valence-electron chi connectivity index (χ1n) is 0. The minimum Gasteiger partial charge on any atom is -0.693 e. The molecule has 0 aliphatic rings. The summed E-state index contributed by atoms with van der Waals surface area (Å²) in [7, 11) is 0. The van der Waals surface area contributed by atoms with E-state index >= 15 is 0 Å². The maximum absolute atomic E-state index is 0. The smallest absolute Gasteiger partial charge is 0 e. The van der Waals surface area contributed by atoms with Gasteiger partial charge in [0.2, 0.25) is 0 Å². The van der Waals surface area contributed by atoms with Crippen LogP contribution < -0.4 is 0 Å². The van der Waals surface area contributed by atoms with Crippen molar-refractivity contribution in [3.63, 3.8) is 0 Å². The van der Waals surface area contributed by atoms with Gasteiger partial charge in [-0.05, 0) is 0 Å². The largest absolute Gasteiger partial charge is 0.693 e. The quantitative estimate of drug-likeness (QED) is 0.479. The molecular formula is H12CoN6-6. The first kappa shape index (κ1) is 4020. The second-order valence-corrected chi connectivity index (χ2v) is 0. The summed E-state index contributed by atoms with van der Waals surface area (Å²) >= 11 is 0. The van der Waals surface area contributed by atoms with E-state index in [2.05, 4.69) is 0 Å². The summed E-state index contributed by atoms with van der Waals surface area (Å²) in [6, 6.07) is 0. The van der Waals surface area contributed by atoms with Crippen LogP contribution in [0.15, 0.2) is 0 Å². The van der Waals surface area contributed by atoms with Gasteiger partial charge in [-0.2, -0.15) is 0 Å². The molecule has 0 bridgehead atoms. The van der Waals surface area contributed by atoms with E-state index in [0.29, 0.717) is 0 Å². The molecule has 0 aromatic carbocycles. The summed E-state index contributed by atoms with van der Waals surface area (Å²) < 4.78 is 0. The maximum Gasteiger partial charge on any atom is 0 e. The average molecular weight is 155 g/mol. The molecule has 0 rings (SSSR count). The molecule has 0 aromatic rings. The van der Waals surface area contributed by atoms with Crippen LogP contribution in [-0.2, 0) is 16.8 Å². The summed E-state index contributed by atoms with van der Waals surface area (Å²) in [5.74, 6) is 0. The monoisotopic (exact) mass is 155 g/mol. The van der Waals surface area contributed by atoms with Crippen LogP contribution in [0.3, 0.4) is 0 Å². The van der Waals surface area contributed by atoms with E-state index in [-0.39, 0.29) is 53.7 Å². The molecule has 6 nitrogen and oxygen atoms in total. The Balaban J connectivity index is 0. The van der Waals surface area contributed by atoms with Crippen LogP contribution in [0.1, 0.15) is 0 Å². The van der Waals surface area contributed by atoms with Crippen molar-refractivity contribution in [2.45, 2.75) is 0 Å². The third-order valence-electron chi connectivity index (χ3n) is 0. The molecule has 0 aromatic heterocycles. The fourth-order valence-corrected chi connectivity index (χ4v) is 0. The number of hydrogen-bond donors (Lipinski definition) is 0. The van der Waals surface area contributed by atoms with E-state index in [1.807, 2.05) is 0 Å². The van der Waals surface area contributed by atoms with Crippen molar-refractivity contribution in [2.24, 2.45) is 0 Å². The van der Waals surface area contributed by atoms with Gasteiger partial charge in [0.25, 0.3) is 0 Å². The Morgan fingerprint density at radius 3 is 0.286 bits per heavy atom. The van der Waals surface area contributed by atoms with Gasteiger partial charge < -0.3 is 36.9 Å². The van der Waals surface area contributed by atoms with Gasteiger partial charge in [-0.15, -0.1) is 0 Å². The fourth-order valence-electron chi connectivity index (χ4n) is 0. The van der Waals surface area contributed by atoms with Crippen molar-refractivity contribution in [2.75, 3.05) is 0 Å². The van der Waals surface area contributed by atoms with Gasteiger partial charge in [0, 0.05) is 16.8 Å². The van der Waals surface area contributed by atoms with Gasteiger partial charge in [-0.25, -0.2) is 0 Å². The Morgan fingerprint density at radius 1 is 0.286 bits per heavy atom.